The summed E-state index contributed by atoms with van der Waals surface area (Å²) in [6, 6.07) is -3.16. The minimum atomic E-state index is -1.26. The van der Waals surface area contributed by atoms with Crippen molar-refractivity contribution in [1.82, 2.24) is 10.6 Å². The number of nitrogens with one attached hydrogen (secondary N) is 2. The molecule has 2 amide bonds. The second-order valence-corrected chi connectivity index (χ2v) is 6.67. The molecule has 0 unspecified atom stereocenters. The number of carboxylic acids is 1. The van der Waals surface area contributed by atoms with Crippen molar-refractivity contribution >= 4 is 17.8 Å². The van der Waals surface area contributed by atoms with Gasteiger partial charge < -0.3 is 26.6 Å². The van der Waals surface area contributed by atoms with Gasteiger partial charge in [0.05, 0.1) is 12.1 Å². The molecular weight excluding hydrogens is 314 g/mol. The maximum atomic E-state index is 12.3. The van der Waals surface area contributed by atoms with Crippen LogP contribution in [0.1, 0.15) is 47.5 Å². The fraction of sp³-hybridized carbons (Fsp3) is 0.812. The smallest absolute Gasteiger partial charge is 0.326 e. The number of amides is 2. The summed E-state index contributed by atoms with van der Waals surface area (Å²) in [5.74, 6) is -2.49. The van der Waals surface area contributed by atoms with Gasteiger partial charge in [-0.05, 0) is 25.2 Å². The van der Waals surface area contributed by atoms with Crippen molar-refractivity contribution in [3.8, 4) is 0 Å². The second kappa shape index (κ2) is 10.2. The van der Waals surface area contributed by atoms with E-state index in [9.17, 15) is 24.6 Å². The fourth-order valence-corrected chi connectivity index (χ4v) is 2.12. The van der Waals surface area contributed by atoms with Gasteiger partial charge in [0.2, 0.25) is 11.8 Å². The standard InChI is InChI=1S/C16H31N3O5/c1-6-9(4)12(17)14(21)19-13(10(5)20)15(22)18-11(16(23)24)7-8(2)3/h8-13,20H,6-7,17H2,1-5H3,(H,18,22)(H,19,21)(H,23,24)/t9-,10+,11-,12-,13-/m0/s1. The van der Waals surface area contributed by atoms with Crippen LogP contribution in [0.4, 0.5) is 0 Å². The van der Waals surface area contributed by atoms with Crippen molar-refractivity contribution in [2.75, 3.05) is 0 Å². The van der Waals surface area contributed by atoms with Gasteiger partial charge in [-0.3, -0.25) is 9.59 Å². The molecular formula is C16H31N3O5. The molecule has 6 N–H and O–H groups in total. The van der Waals surface area contributed by atoms with E-state index >= 15 is 0 Å². The van der Waals surface area contributed by atoms with E-state index in [0.29, 0.717) is 6.42 Å². The van der Waals surface area contributed by atoms with Crippen molar-refractivity contribution in [2.45, 2.75) is 71.7 Å². The number of carbonyl (C=O) groups excluding carboxylic acids is 2. The molecule has 0 rings (SSSR count). The zero-order valence-corrected chi connectivity index (χ0v) is 15.1. The molecule has 0 saturated carbocycles. The summed E-state index contributed by atoms with van der Waals surface area (Å²) in [6.07, 6.45) is -0.254. The highest BCUT2D eigenvalue weighted by Gasteiger charge is 2.31. The quantitative estimate of drug-likeness (QED) is 0.372. The first kappa shape index (κ1) is 22.3. The number of hydrogen-bond acceptors (Lipinski definition) is 5. The van der Waals surface area contributed by atoms with Crippen molar-refractivity contribution in [2.24, 2.45) is 17.6 Å². The first-order valence-electron chi connectivity index (χ1n) is 8.28. The molecule has 0 saturated heterocycles. The normalized spacial score (nSPS) is 17.5. The fourth-order valence-electron chi connectivity index (χ4n) is 2.12. The molecule has 0 aliphatic carbocycles. The lowest BCUT2D eigenvalue weighted by atomic mass is 9.98. The molecule has 0 spiro atoms. The molecule has 0 heterocycles. The highest BCUT2D eigenvalue weighted by atomic mass is 16.4. The number of aliphatic hydroxyl groups excluding tert-OH is 1. The van der Waals surface area contributed by atoms with Crippen LogP contribution < -0.4 is 16.4 Å². The average Bonchev–Trinajstić information content (AvgIpc) is 2.48. The predicted octanol–water partition coefficient (Wildman–Crippen LogP) is -0.159. The van der Waals surface area contributed by atoms with Crippen LogP contribution in [0.25, 0.3) is 0 Å². The molecule has 8 heteroatoms. The maximum Gasteiger partial charge on any atom is 0.326 e. The molecule has 0 bridgehead atoms. The van der Waals surface area contributed by atoms with Gasteiger partial charge >= 0.3 is 5.97 Å². The Morgan fingerprint density at radius 2 is 1.58 bits per heavy atom. The van der Waals surface area contributed by atoms with E-state index < -0.39 is 42.0 Å². The van der Waals surface area contributed by atoms with Crippen LogP contribution in [0, 0.1) is 11.8 Å². The first-order chi connectivity index (χ1) is 11.0. The van der Waals surface area contributed by atoms with Gasteiger partial charge in [0.25, 0.3) is 0 Å². The van der Waals surface area contributed by atoms with Crippen molar-refractivity contribution in [3.63, 3.8) is 0 Å². The third-order valence-electron chi connectivity index (χ3n) is 3.94. The van der Waals surface area contributed by atoms with Crippen molar-refractivity contribution in [1.29, 1.82) is 0 Å². The predicted molar refractivity (Wildman–Crippen MR) is 90.1 cm³/mol. The summed E-state index contributed by atoms with van der Waals surface area (Å²) in [7, 11) is 0. The molecule has 0 aromatic heterocycles. The Morgan fingerprint density at radius 3 is 1.96 bits per heavy atom. The first-order valence-corrected chi connectivity index (χ1v) is 8.28. The number of nitrogens with two attached hydrogens (primary N) is 1. The topological polar surface area (TPSA) is 142 Å². The summed E-state index contributed by atoms with van der Waals surface area (Å²) in [5, 5.41) is 23.7. The molecule has 0 fully saturated rings. The average molecular weight is 345 g/mol. The largest absolute Gasteiger partial charge is 0.480 e. The summed E-state index contributed by atoms with van der Waals surface area (Å²) in [6.45, 7) is 8.71. The van der Waals surface area contributed by atoms with E-state index in [2.05, 4.69) is 10.6 Å². The molecule has 140 valence electrons. The maximum absolute atomic E-state index is 12.3. The molecule has 24 heavy (non-hydrogen) atoms. The van der Waals surface area contributed by atoms with E-state index in [1.165, 1.54) is 6.92 Å². The van der Waals surface area contributed by atoms with Gasteiger partial charge in [-0.15, -0.1) is 0 Å². The Bertz CT molecular complexity index is 439. The molecule has 0 aliphatic heterocycles. The summed E-state index contributed by atoms with van der Waals surface area (Å²) in [4.78, 5) is 35.6. The lowest BCUT2D eigenvalue weighted by Crippen LogP contribution is -2.59. The van der Waals surface area contributed by atoms with Crippen LogP contribution in [0.2, 0.25) is 0 Å². The zero-order chi connectivity index (χ0) is 19.0. The highest BCUT2D eigenvalue weighted by Crippen LogP contribution is 2.08. The summed E-state index contributed by atoms with van der Waals surface area (Å²) in [5.41, 5.74) is 5.82. The van der Waals surface area contributed by atoms with Crippen LogP contribution in [0.15, 0.2) is 0 Å². The lowest BCUT2D eigenvalue weighted by molar-refractivity contribution is -0.143. The van der Waals surface area contributed by atoms with Crippen LogP contribution in [0.5, 0.6) is 0 Å². The van der Waals surface area contributed by atoms with Gasteiger partial charge in [0.15, 0.2) is 0 Å². The zero-order valence-electron chi connectivity index (χ0n) is 15.1. The van der Waals surface area contributed by atoms with E-state index in [1.807, 2.05) is 27.7 Å². The Kier molecular flexibility index (Phi) is 9.53. The second-order valence-electron chi connectivity index (χ2n) is 6.67. The molecule has 0 aromatic carbocycles. The molecule has 0 aromatic rings. The Hall–Kier alpha value is -1.67. The van der Waals surface area contributed by atoms with Gasteiger partial charge in [-0.1, -0.05) is 34.1 Å². The monoisotopic (exact) mass is 345 g/mol. The molecule has 8 nitrogen and oxygen atoms in total. The number of hydrogen-bond donors (Lipinski definition) is 5. The minimum Gasteiger partial charge on any atom is -0.480 e. The highest BCUT2D eigenvalue weighted by molar-refractivity contribution is 5.92. The number of carbonyl (C=O) groups is 3. The summed E-state index contributed by atoms with van der Waals surface area (Å²) < 4.78 is 0. The SMILES string of the molecule is CC[C@H](C)[C@H](N)C(=O)N[C@H](C(=O)N[C@@H](CC(C)C)C(=O)O)[C@@H](C)O. The van der Waals surface area contributed by atoms with E-state index in [0.717, 1.165) is 0 Å². The molecule has 0 radical (unpaired) electrons. The Labute approximate surface area is 143 Å². The number of carboxylic acid groups (broad SMARTS) is 1. The van der Waals surface area contributed by atoms with Crippen LogP contribution in [-0.2, 0) is 14.4 Å². The van der Waals surface area contributed by atoms with Crippen molar-refractivity contribution in [3.05, 3.63) is 0 Å². The third-order valence-corrected chi connectivity index (χ3v) is 3.94. The van der Waals surface area contributed by atoms with Gasteiger partial charge in [0, 0.05) is 0 Å². The van der Waals surface area contributed by atoms with Crippen LogP contribution in [-0.4, -0.2) is 52.2 Å². The van der Waals surface area contributed by atoms with E-state index in [-0.39, 0.29) is 18.3 Å². The lowest BCUT2D eigenvalue weighted by Gasteiger charge is -2.26. The Morgan fingerprint density at radius 1 is 1.04 bits per heavy atom. The summed E-state index contributed by atoms with van der Waals surface area (Å²) >= 11 is 0. The Balaban J connectivity index is 5.01. The van der Waals surface area contributed by atoms with Gasteiger partial charge in [-0.25, -0.2) is 4.79 Å². The van der Waals surface area contributed by atoms with Gasteiger partial charge in [-0.2, -0.15) is 0 Å². The van der Waals surface area contributed by atoms with Crippen LogP contribution in [0.3, 0.4) is 0 Å². The number of rotatable bonds is 10. The van der Waals surface area contributed by atoms with Crippen LogP contribution >= 0.6 is 0 Å². The van der Waals surface area contributed by atoms with E-state index in [4.69, 9.17) is 5.73 Å². The van der Waals surface area contributed by atoms with Gasteiger partial charge in [0.1, 0.15) is 12.1 Å². The number of aliphatic hydroxyl groups is 1. The third kappa shape index (κ3) is 7.27. The van der Waals surface area contributed by atoms with Crippen molar-refractivity contribution < 1.29 is 24.6 Å². The molecule has 0 aliphatic rings. The molecule has 5 atom stereocenters. The van der Waals surface area contributed by atoms with E-state index in [1.54, 1.807) is 0 Å². The minimum absolute atomic E-state index is 0.0600. The number of aliphatic carboxylic acids is 1.